The number of hydrogen-bond donors (Lipinski definition) is 2. The number of rotatable bonds is 6. The average Bonchev–Trinajstić information content (AvgIpc) is 3.11. The number of carboxylic acids is 2. The van der Waals surface area contributed by atoms with Crippen LogP contribution in [-0.2, 0) is 29.0 Å². The number of hydrogen-bond acceptors (Lipinski definition) is 4. The highest BCUT2D eigenvalue weighted by molar-refractivity contribution is 5.91. The van der Waals surface area contributed by atoms with Crippen LogP contribution in [0.25, 0.3) is 10.9 Å². The molecule has 0 amide bonds. The van der Waals surface area contributed by atoms with Gasteiger partial charge in [0.05, 0.1) is 12.6 Å². The molecule has 2 N–H and O–H groups in total. The summed E-state index contributed by atoms with van der Waals surface area (Å²) < 4.78 is 8.28. The van der Waals surface area contributed by atoms with E-state index in [0.29, 0.717) is 12.2 Å². The lowest BCUT2D eigenvalue weighted by molar-refractivity contribution is -0.134. The summed E-state index contributed by atoms with van der Waals surface area (Å²) in [6.45, 7) is 4.83. The van der Waals surface area contributed by atoms with Gasteiger partial charge in [0.25, 0.3) is 0 Å². The second-order valence-electron chi connectivity index (χ2n) is 8.05. The van der Waals surface area contributed by atoms with E-state index >= 15 is 0 Å². The maximum atomic E-state index is 9.55. The number of likely N-dealkylation sites (tertiary alicyclic amines) is 1. The van der Waals surface area contributed by atoms with Gasteiger partial charge >= 0.3 is 11.9 Å². The smallest absolute Gasteiger partial charge is 0.328 e. The number of methoxy groups -OCH3 is 1. The number of ether oxygens (including phenoxy) is 1. The van der Waals surface area contributed by atoms with Gasteiger partial charge in [-0.3, -0.25) is 0 Å². The van der Waals surface area contributed by atoms with E-state index in [1.807, 2.05) is 0 Å². The highest BCUT2D eigenvalue weighted by Gasteiger charge is 2.22. The number of aromatic nitrogens is 1. The molecule has 0 unspecified atom stereocenters. The van der Waals surface area contributed by atoms with Gasteiger partial charge in [-0.1, -0.05) is 18.6 Å². The number of piperidine rings is 1. The number of para-hydroxylation sites is 1. The van der Waals surface area contributed by atoms with Crippen molar-refractivity contribution in [3.63, 3.8) is 0 Å². The summed E-state index contributed by atoms with van der Waals surface area (Å²) in [6, 6.07) is 6.55. The fraction of sp³-hybridized carbons (Fsp3) is 0.500. The molecule has 1 aliphatic heterocycles. The van der Waals surface area contributed by atoms with Crippen LogP contribution in [0.15, 0.2) is 30.4 Å². The van der Waals surface area contributed by atoms with Gasteiger partial charge in [-0.15, -0.1) is 0 Å². The average molecular weight is 429 g/mol. The number of aryl methyl sites for hydroxylation is 1. The minimum atomic E-state index is -1.26. The first kappa shape index (κ1) is 22.9. The molecule has 1 fully saturated rings. The van der Waals surface area contributed by atoms with Crippen LogP contribution in [0.1, 0.15) is 43.4 Å². The van der Waals surface area contributed by atoms with Crippen molar-refractivity contribution in [2.24, 2.45) is 0 Å². The summed E-state index contributed by atoms with van der Waals surface area (Å²) in [7, 11) is 1.80. The largest absolute Gasteiger partial charge is 0.495 e. The summed E-state index contributed by atoms with van der Waals surface area (Å²) in [4.78, 5) is 21.7. The normalized spacial score (nSPS) is 16.5. The standard InChI is InChI=1S/C20H28N2O.C4H4O4/c1-23-19-11-7-9-17-16-8-3-4-10-18(16)22(20(17)19)15-14-21-12-5-2-6-13-21;5-3(6)1-2-4(7)8/h7,9,11H,2-6,8,10,12-15H2,1H3;1-2H,(H,5,6)(H,7,8)/b;2-1+. The SMILES string of the molecule is COc1cccc2c3c(n(CCN4CCCCC4)c12)CCCC3.O=C(O)/C=C/C(=O)O. The lowest BCUT2D eigenvalue weighted by atomic mass is 9.95. The molecule has 0 radical (unpaired) electrons. The minimum Gasteiger partial charge on any atom is -0.495 e. The lowest BCUT2D eigenvalue weighted by Gasteiger charge is -2.27. The van der Waals surface area contributed by atoms with E-state index in [-0.39, 0.29) is 0 Å². The van der Waals surface area contributed by atoms with Crippen molar-refractivity contribution in [2.75, 3.05) is 26.7 Å². The third-order valence-corrected chi connectivity index (χ3v) is 6.04. The van der Waals surface area contributed by atoms with Crippen LogP contribution in [0.3, 0.4) is 0 Å². The molecule has 2 aromatic rings. The molecule has 2 heterocycles. The maximum Gasteiger partial charge on any atom is 0.328 e. The number of nitrogens with zero attached hydrogens (tertiary/aromatic N) is 2. The second kappa shape index (κ2) is 11.0. The van der Waals surface area contributed by atoms with Gasteiger partial charge in [-0.25, -0.2) is 9.59 Å². The van der Waals surface area contributed by atoms with Crippen LogP contribution in [0.2, 0.25) is 0 Å². The third kappa shape index (κ3) is 5.88. The van der Waals surface area contributed by atoms with E-state index in [1.165, 1.54) is 75.5 Å². The number of aliphatic carboxylic acids is 2. The highest BCUT2D eigenvalue weighted by Crippen LogP contribution is 2.36. The van der Waals surface area contributed by atoms with Crippen molar-refractivity contribution in [1.29, 1.82) is 0 Å². The Hall–Kier alpha value is -2.80. The van der Waals surface area contributed by atoms with E-state index in [2.05, 4.69) is 27.7 Å². The van der Waals surface area contributed by atoms with E-state index in [1.54, 1.807) is 18.4 Å². The van der Waals surface area contributed by atoms with Crippen LogP contribution < -0.4 is 4.74 Å². The number of carboxylic acid groups (broad SMARTS) is 2. The predicted molar refractivity (Wildman–Crippen MR) is 120 cm³/mol. The molecule has 168 valence electrons. The topological polar surface area (TPSA) is 92.0 Å². The van der Waals surface area contributed by atoms with Gasteiger partial charge in [0.2, 0.25) is 0 Å². The zero-order valence-corrected chi connectivity index (χ0v) is 18.2. The first-order valence-electron chi connectivity index (χ1n) is 11.0. The number of benzene rings is 1. The van der Waals surface area contributed by atoms with Crippen LogP contribution in [-0.4, -0.2) is 58.4 Å². The van der Waals surface area contributed by atoms with Gasteiger partial charge in [-0.05, 0) is 63.2 Å². The molecular formula is C24H32N2O5. The number of carbonyl (C=O) groups is 2. The van der Waals surface area contributed by atoms with Crippen molar-refractivity contribution in [3.8, 4) is 5.75 Å². The maximum absolute atomic E-state index is 9.55. The molecule has 0 atom stereocenters. The zero-order valence-electron chi connectivity index (χ0n) is 18.2. The molecule has 0 saturated carbocycles. The molecule has 31 heavy (non-hydrogen) atoms. The lowest BCUT2D eigenvalue weighted by Crippen LogP contribution is -2.32. The fourth-order valence-corrected chi connectivity index (χ4v) is 4.64. The van der Waals surface area contributed by atoms with Gasteiger partial charge in [0.15, 0.2) is 0 Å². The van der Waals surface area contributed by atoms with Crippen molar-refractivity contribution in [1.82, 2.24) is 9.47 Å². The van der Waals surface area contributed by atoms with Gasteiger partial charge in [-0.2, -0.15) is 0 Å². The Bertz CT molecular complexity index is 925. The Kier molecular flexibility index (Phi) is 8.12. The molecule has 4 rings (SSSR count). The van der Waals surface area contributed by atoms with Crippen molar-refractivity contribution in [3.05, 3.63) is 41.6 Å². The van der Waals surface area contributed by atoms with Crippen molar-refractivity contribution in [2.45, 2.75) is 51.5 Å². The van der Waals surface area contributed by atoms with Crippen LogP contribution >= 0.6 is 0 Å². The summed E-state index contributed by atoms with van der Waals surface area (Å²) in [5.74, 6) is -1.48. The Morgan fingerprint density at radius 2 is 1.65 bits per heavy atom. The summed E-state index contributed by atoms with van der Waals surface area (Å²) >= 11 is 0. The van der Waals surface area contributed by atoms with Crippen LogP contribution in [0, 0.1) is 0 Å². The molecule has 7 heteroatoms. The molecular weight excluding hydrogens is 396 g/mol. The first-order chi connectivity index (χ1) is 15.0. The van der Waals surface area contributed by atoms with Crippen LogP contribution in [0.4, 0.5) is 0 Å². The molecule has 2 aliphatic rings. The molecule has 0 bridgehead atoms. The molecule has 1 aliphatic carbocycles. The van der Waals surface area contributed by atoms with Crippen molar-refractivity contribution >= 4 is 22.8 Å². The Morgan fingerprint density at radius 3 is 2.29 bits per heavy atom. The molecule has 1 aromatic carbocycles. The second-order valence-corrected chi connectivity index (χ2v) is 8.05. The zero-order chi connectivity index (χ0) is 22.2. The van der Waals surface area contributed by atoms with E-state index in [0.717, 1.165) is 12.3 Å². The van der Waals surface area contributed by atoms with Crippen LogP contribution in [0.5, 0.6) is 5.75 Å². The highest BCUT2D eigenvalue weighted by atomic mass is 16.5. The molecule has 1 saturated heterocycles. The Morgan fingerprint density at radius 1 is 0.968 bits per heavy atom. The summed E-state index contributed by atoms with van der Waals surface area (Å²) in [5.41, 5.74) is 4.50. The fourth-order valence-electron chi connectivity index (χ4n) is 4.64. The Balaban J connectivity index is 0.000000293. The number of fused-ring (bicyclic) bond motifs is 3. The van der Waals surface area contributed by atoms with E-state index in [4.69, 9.17) is 14.9 Å². The summed E-state index contributed by atoms with van der Waals surface area (Å²) in [5, 5.41) is 17.1. The van der Waals surface area contributed by atoms with Gasteiger partial charge in [0.1, 0.15) is 5.75 Å². The monoisotopic (exact) mass is 428 g/mol. The van der Waals surface area contributed by atoms with Gasteiger partial charge < -0.3 is 24.4 Å². The third-order valence-electron chi connectivity index (χ3n) is 6.04. The minimum absolute atomic E-state index is 0.558. The van der Waals surface area contributed by atoms with Crippen molar-refractivity contribution < 1.29 is 24.5 Å². The molecule has 0 spiro atoms. The quantitative estimate of drug-likeness (QED) is 0.681. The molecule has 1 aromatic heterocycles. The Labute approximate surface area is 182 Å². The van der Waals surface area contributed by atoms with Gasteiger partial charge in [0, 0.05) is 36.3 Å². The first-order valence-corrected chi connectivity index (χ1v) is 11.0. The summed E-state index contributed by atoms with van der Waals surface area (Å²) in [6.07, 6.45) is 10.4. The van der Waals surface area contributed by atoms with E-state index < -0.39 is 11.9 Å². The molecule has 7 nitrogen and oxygen atoms in total. The predicted octanol–water partition coefficient (Wildman–Crippen LogP) is 3.73. The van der Waals surface area contributed by atoms with E-state index in [9.17, 15) is 9.59 Å².